The van der Waals surface area contributed by atoms with Gasteiger partial charge >= 0.3 is 0 Å². The lowest BCUT2D eigenvalue weighted by Crippen LogP contribution is -2.11. The molecule has 0 aliphatic carbocycles. The van der Waals surface area contributed by atoms with Crippen molar-refractivity contribution in [3.05, 3.63) is 65.0 Å². The molecule has 8 heteroatoms. The number of nitrogens with one attached hydrogen (secondary N) is 1. The van der Waals surface area contributed by atoms with Gasteiger partial charge in [-0.05, 0) is 24.3 Å². The van der Waals surface area contributed by atoms with Crippen LogP contribution in [-0.2, 0) is 12.8 Å². The van der Waals surface area contributed by atoms with Gasteiger partial charge in [-0.2, -0.15) is 0 Å². The van der Waals surface area contributed by atoms with E-state index in [1.165, 1.54) is 11.8 Å². The van der Waals surface area contributed by atoms with Crippen molar-refractivity contribution in [2.45, 2.75) is 10.9 Å². The fourth-order valence-electron chi connectivity index (χ4n) is 2.52. The summed E-state index contributed by atoms with van der Waals surface area (Å²) in [5, 5.41) is 9.78. The van der Waals surface area contributed by atoms with Gasteiger partial charge in [-0.25, -0.2) is 4.98 Å². The number of pyridine rings is 1. The molecule has 4 aromatic rings. The molecule has 0 aliphatic rings. The number of benzene rings is 1. The topological polar surface area (TPSA) is 89.4 Å². The number of para-hydroxylation sites is 1. The third-order valence-corrected chi connectivity index (χ3v) is 4.79. The highest BCUT2D eigenvalue weighted by Gasteiger charge is 2.12. The molecule has 0 fully saturated rings. The Hall–Kier alpha value is -3.00. The van der Waals surface area contributed by atoms with E-state index in [-0.39, 0.29) is 5.56 Å². The van der Waals surface area contributed by atoms with Gasteiger partial charge in [0.15, 0.2) is 11.0 Å². The third-order valence-electron chi connectivity index (χ3n) is 3.75. The number of aromatic amines is 1. The van der Waals surface area contributed by atoms with Crippen LogP contribution in [0.15, 0.2) is 58.7 Å². The van der Waals surface area contributed by atoms with Gasteiger partial charge in [0.1, 0.15) is 5.82 Å². The molecule has 3 aromatic heterocycles. The van der Waals surface area contributed by atoms with Crippen molar-refractivity contribution in [3.63, 3.8) is 0 Å². The molecule has 25 heavy (non-hydrogen) atoms. The van der Waals surface area contributed by atoms with E-state index < -0.39 is 0 Å². The highest BCUT2D eigenvalue weighted by molar-refractivity contribution is 7.98. The van der Waals surface area contributed by atoms with Gasteiger partial charge in [-0.15, -0.1) is 10.2 Å². The van der Waals surface area contributed by atoms with Gasteiger partial charge in [0.05, 0.1) is 16.7 Å². The second kappa shape index (κ2) is 6.48. The maximum absolute atomic E-state index is 12.1. The molecule has 0 amide bonds. The lowest BCUT2D eigenvalue weighted by atomic mass is 10.2. The van der Waals surface area contributed by atoms with Crippen LogP contribution in [0.4, 0.5) is 0 Å². The van der Waals surface area contributed by atoms with Crippen molar-refractivity contribution in [1.82, 2.24) is 29.7 Å². The second-order valence-corrected chi connectivity index (χ2v) is 6.37. The van der Waals surface area contributed by atoms with Crippen LogP contribution >= 0.6 is 11.8 Å². The Morgan fingerprint density at radius 1 is 1.16 bits per heavy atom. The molecule has 0 spiro atoms. The first-order valence-corrected chi connectivity index (χ1v) is 8.61. The number of fused-ring (bicyclic) bond motifs is 1. The molecule has 0 aliphatic heterocycles. The molecule has 0 radical (unpaired) electrons. The van der Waals surface area contributed by atoms with E-state index in [4.69, 9.17) is 0 Å². The van der Waals surface area contributed by atoms with Crippen LogP contribution in [-0.4, -0.2) is 29.7 Å². The molecule has 7 nitrogen and oxygen atoms in total. The van der Waals surface area contributed by atoms with Crippen LogP contribution in [0.2, 0.25) is 0 Å². The Balaban J connectivity index is 1.58. The van der Waals surface area contributed by atoms with E-state index in [2.05, 4.69) is 25.1 Å². The van der Waals surface area contributed by atoms with Crippen LogP contribution in [0.3, 0.4) is 0 Å². The molecule has 0 atom stereocenters. The predicted molar refractivity (Wildman–Crippen MR) is 96.2 cm³/mol. The van der Waals surface area contributed by atoms with E-state index in [0.29, 0.717) is 22.5 Å². The number of thioether (sulfide) groups is 1. The molecule has 0 saturated carbocycles. The zero-order valence-corrected chi connectivity index (χ0v) is 14.2. The van der Waals surface area contributed by atoms with E-state index in [1.54, 1.807) is 18.5 Å². The minimum absolute atomic E-state index is 0.129. The Kier molecular flexibility index (Phi) is 4.02. The minimum Gasteiger partial charge on any atom is -0.309 e. The van der Waals surface area contributed by atoms with Crippen molar-refractivity contribution in [2.75, 3.05) is 0 Å². The summed E-state index contributed by atoms with van der Waals surface area (Å²) < 4.78 is 1.90. The fourth-order valence-corrected chi connectivity index (χ4v) is 3.30. The SMILES string of the molecule is Cn1c(SCc2nc3ccccc3c(=O)[nH]2)nnc1-c1cccnc1. The summed E-state index contributed by atoms with van der Waals surface area (Å²) in [6, 6.07) is 11.1. The van der Waals surface area contributed by atoms with Crippen molar-refractivity contribution >= 4 is 22.7 Å². The summed E-state index contributed by atoms with van der Waals surface area (Å²) in [7, 11) is 1.90. The van der Waals surface area contributed by atoms with Crippen LogP contribution in [0.1, 0.15) is 5.82 Å². The highest BCUT2D eigenvalue weighted by Crippen LogP contribution is 2.23. The predicted octanol–water partition coefficient (Wildman–Crippen LogP) is 2.41. The minimum atomic E-state index is -0.129. The summed E-state index contributed by atoms with van der Waals surface area (Å²) in [4.78, 5) is 23.6. The summed E-state index contributed by atoms with van der Waals surface area (Å²) in [6.07, 6.45) is 3.47. The number of H-pyrrole nitrogens is 1. The Morgan fingerprint density at radius 3 is 2.88 bits per heavy atom. The van der Waals surface area contributed by atoms with Gasteiger partial charge < -0.3 is 9.55 Å². The molecule has 4 rings (SSSR count). The number of aromatic nitrogens is 6. The zero-order valence-electron chi connectivity index (χ0n) is 13.4. The van der Waals surface area contributed by atoms with Crippen molar-refractivity contribution in [3.8, 4) is 11.4 Å². The Morgan fingerprint density at radius 2 is 2.04 bits per heavy atom. The molecule has 0 bridgehead atoms. The third kappa shape index (κ3) is 3.03. The van der Waals surface area contributed by atoms with Crippen LogP contribution in [0.25, 0.3) is 22.3 Å². The monoisotopic (exact) mass is 350 g/mol. The average Bonchev–Trinajstić information content (AvgIpc) is 3.01. The van der Waals surface area contributed by atoms with E-state index in [0.717, 1.165) is 16.5 Å². The average molecular weight is 350 g/mol. The molecule has 124 valence electrons. The normalized spacial score (nSPS) is 11.1. The highest BCUT2D eigenvalue weighted by atomic mass is 32.2. The summed E-state index contributed by atoms with van der Waals surface area (Å²) >= 11 is 1.47. The van der Waals surface area contributed by atoms with Crippen LogP contribution in [0, 0.1) is 0 Å². The first kappa shape index (κ1) is 15.5. The van der Waals surface area contributed by atoms with Crippen LogP contribution < -0.4 is 5.56 Å². The van der Waals surface area contributed by atoms with Gasteiger partial charge in [-0.3, -0.25) is 9.78 Å². The fraction of sp³-hybridized carbons (Fsp3) is 0.118. The first-order chi connectivity index (χ1) is 12.2. The molecule has 1 N–H and O–H groups in total. The summed E-state index contributed by atoms with van der Waals surface area (Å²) in [6.45, 7) is 0. The largest absolute Gasteiger partial charge is 0.309 e. The van der Waals surface area contributed by atoms with Gasteiger partial charge in [0.25, 0.3) is 5.56 Å². The molecule has 3 heterocycles. The van der Waals surface area contributed by atoms with E-state index in [1.807, 2.05) is 41.9 Å². The Labute approximate surface area is 147 Å². The van der Waals surface area contributed by atoms with Gasteiger partial charge in [0.2, 0.25) is 0 Å². The maximum atomic E-state index is 12.1. The summed E-state index contributed by atoms with van der Waals surface area (Å²) in [5.74, 6) is 1.86. The number of hydrogen-bond donors (Lipinski definition) is 1. The lowest BCUT2D eigenvalue weighted by molar-refractivity contribution is 0.792. The molecule has 0 unspecified atom stereocenters. The lowest BCUT2D eigenvalue weighted by Gasteiger charge is -2.04. The Bertz CT molecular complexity index is 1090. The maximum Gasteiger partial charge on any atom is 0.258 e. The van der Waals surface area contributed by atoms with E-state index in [9.17, 15) is 4.79 Å². The second-order valence-electron chi connectivity index (χ2n) is 5.43. The van der Waals surface area contributed by atoms with E-state index >= 15 is 0 Å². The quantitative estimate of drug-likeness (QED) is 0.569. The standard InChI is InChI=1S/C17H14N6OS/c1-23-15(11-5-4-8-18-9-11)21-22-17(23)25-10-14-19-13-7-3-2-6-12(13)16(24)20-14/h2-9H,10H2,1H3,(H,19,20,24). The molecule has 0 saturated heterocycles. The molecular weight excluding hydrogens is 336 g/mol. The smallest absolute Gasteiger partial charge is 0.258 e. The molecule has 1 aromatic carbocycles. The zero-order chi connectivity index (χ0) is 17.2. The van der Waals surface area contributed by atoms with Crippen molar-refractivity contribution in [1.29, 1.82) is 0 Å². The molecular formula is C17H14N6OS. The van der Waals surface area contributed by atoms with Gasteiger partial charge in [-0.1, -0.05) is 23.9 Å². The number of nitrogens with zero attached hydrogens (tertiary/aromatic N) is 5. The number of hydrogen-bond acceptors (Lipinski definition) is 6. The number of rotatable bonds is 4. The first-order valence-electron chi connectivity index (χ1n) is 7.63. The van der Waals surface area contributed by atoms with Crippen LogP contribution in [0.5, 0.6) is 0 Å². The van der Waals surface area contributed by atoms with Crippen molar-refractivity contribution in [2.24, 2.45) is 7.05 Å². The van der Waals surface area contributed by atoms with Gasteiger partial charge in [0, 0.05) is 25.0 Å². The summed E-state index contributed by atoms with van der Waals surface area (Å²) in [5.41, 5.74) is 1.47. The van der Waals surface area contributed by atoms with Crippen molar-refractivity contribution < 1.29 is 0 Å².